The molecule has 2 fully saturated rings. The summed E-state index contributed by atoms with van der Waals surface area (Å²) in [5.41, 5.74) is 4.38. The Bertz CT molecular complexity index is 1650. The number of phenols is 1. The summed E-state index contributed by atoms with van der Waals surface area (Å²) in [6.45, 7) is 15.7. The molecule has 0 unspecified atom stereocenters. The molecule has 2 saturated heterocycles. The van der Waals surface area contributed by atoms with Crippen molar-refractivity contribution in [2.24, 2.45) is 0 Å². The van der Waals surface area contributed by atoms with Crippen molar-refractivity contribution in [2.75, 3.05) is 52.5 Å². The molecule has 0 aliphatic carbocycles. The molecule has 0 amide bonds. The minimum Gasteiger partial charge on any atom is -0.507 e. The van der Waals surface area contributed by atoms with Gasteiger partial charge >= 0.3 is 0 Å². The lowest BCUT2D eigenvalue weighted by molar-refractivity contribution is 0.254. The van der Waals surface area contributed by atoms with Gasteiger partial charge in [-0.25, -0.2) is 0 Å². The zero-order chi connectivity index (χ0) is 34.0. The summed E-state index contributed by atoms with van der Waals surface area (Å²) in [5, 5.41) is 22.8. The molecule has 8 heteroatoms. The Labute approximate surface area is 286 Å². The molecular weight excluding hydrogens is 604 g/mol. The standard InChI is InChI=1S/C40H56N2O6/c1-28(2)13-15-30-32(27-43)34(47-24-12-10-22-42-19-7-8-20-42)26-35-37(30)40(45)38-36(48-35)25-33(31(39(38)44)16-14-29(3)4)46-23-11-9-21-41-17-5-6-18-41/h13-14,25-26,43-44H,5-12,15-24,27H2,1-4H3. The van der Waals surface area contributed by atoms with Crippen molar-refractivity contribution in [3.05, 3.63) is 62.3 Å². The van der Waals surface area contributed by atoms with E-state index in [4.69, 9.17) is 13.9 Å². The molecule has 0 spiro atoms. The van der Waals surface area contributed by atoms with Crippen LogP contribution in [0.3, 0.4) is 0 Å². The van der Waals surface area contributed by atoms with Gasteiger partial charge in [0.15, 0.2) is 0 Å². The third kappa shape index (κ3) is 9.01. The summed E-state index contributed by atoms with van der Waals surface area (Å²) in [6, 6.07) is 3.50. The van der Waals surface area contributed by atoms with Crippen molar-refractivity contribution in [3.63, 3.8) is 0 Å². The highest BCUT2D eigenvalue weighted by Gasteiger charge is 2.24. The van der Waals surface area contributed by atoms with Crippen molar-refractivity contribution in [1.29, 1.82) is 0 Å². The van der Waals surface area contributed by atoms with Crippen molar-refractivity contribution in [3.8, 4) is 17.2 Å². The highest BCUT2D eigenvalue weighted by Crippen LogP contribution is 2.39. The SMILES string of the molecule is CC(C)=CCc1c(OCCCCN2CCCC2)cc2oc3cc(OCCCCN4CCCC4)c(CO)c(CC=C(C)C)c3c(=O)c2c1O. The number of phenolic OH excluding ortho intramolecular Hbond substituents is 1. The number of hydrogen-bond donors (Lipinski definition) is 2. The second-order valence-corrected chi connectivity index (χ2v) is 14.0. The number of rotatable bonds is 17. The Hall–Kier alpha value is -3.33. The van der Waals surface area contributed by atoms with Crippen LogP contribution in [-0.4, -0.2) is 72.5 Å². The average molecular weight is 661 g/mol. The van der Waals surface area contributed by atoms with Crippen LogP contribution in [0.25, 0.3) is 21.9 Å². The molecule has 2 aliphatic rings. The molecule has 5 rings (SSSR count). The molecule has 2 aromatic carbocycles. The lowest BCUT2D eigenvalue weighted by atomic mass is 9.95. The van der Waals surface area contributed by atoms with Gasteiger partial charge in [-0.05, 0) is 137 Å². The third-order valence-corrected chi connectivity index (χ3v) is 9.71. The van der Waals surface area contributed by atoms with E-state index >= 15 is 0 Å². The smallest absolute Gasteiger partial charge is 0.204 e. The van der Waals surface area contributed by atoms with Gasteiger partial charge in [0.05, 0.1) is 25.2 Å². The Balaban J connectivity index is 1.50. The number of aliphatic hydroxyl groups excluding tert-OH is 1. The second kappa shape index (κ2) is 17.4. The molecule has 8 nitrogen and oxygen atoms in total. The van der Waals surface area contributed by atoms with Gasteiger partial charge in [0.25, 0.3) is 0 Å². The fourth-order valence-corrected chi connectivity index (χ4v) is 6.98. The van der Waals surface area contributed by atoms with Gasteiger partial charge in [0, 0.05) is 23.3 Å². The van der Waals surface area contributed by atoms with Gasteiger partial charge in [-0.15, -0.1) is 0 Å². The Morgan fingerprint density at radius 2 is 1.21 bits per heavy atom. The van der Waals surface area contributed by atoms with Crippen LogP contribution >= 0.6 is 0 Å². The molecule has 0 radical (unpaired) electrons. The summed E-state index contributed by atoms with van der Waals surface area (Å²) < 4.78 is 19.0. The zero-order valence-electron chi connectivity index (χ0n) is 29.7. The molecule has 1 aromatic heterocycles. The maximum atomic E-state index is 14.4. The first-order chi connectivity index (χ1) is 23.3. The van der Waals surface area contributed by atoms with Crippen LogP contribution in [-0.2, 0) is 19.4 Å². The molecule has 3 aromatic rings. The highest BCUT2D eigenvalue weighted by molar-refractivity contribution is 5.97. The number of nitrogens with zero attached hydrogens (tertiary/aromatic N) is 2. The van der Waals surface area contributed by atoms with Crippen LogP contribution in [0.15, 0.2) is 44.6 Å². The first kappa shape index (κ1) is 36.0. The summed E-state index contributed by atoms with van der Waals surface area (Å²) in [4.78, 5) is 19.4. The minimum atomic E-state index is -0.316. The Morgan fingerprint density at radius 1 is 0.729 bits per heavy atom. The van der Waals surface area contributed by atoms with E-state index < -0.39 is 0 Å². The van der Waals surface area contributed by atoms with Crippen LogP contribution in [0.5, 0.6) is 17.2 Å². The molecule has 0 saturated carbocycles. The van der Waals surface area contributed by atoms with Crippen LogP contribution < -0.4 is 14.9 Å². The van der Waals surface area contributed by atoms with E-state index in [1.54, 1.807) is 12.1 Å². The first-order valence-electron chi connectivity index (χ1n) is 18.1. The van der Waals surface area contributed by atoms with Crippen molar-refractivity contribution < 1.29 is 24.1 Å². The quantitative estimate of drug-likeness (QED) is 0.0866. The monoisotopic (exact) mass is 660 g/mol. The van der Waals surface area contributed by atoms with Crippen LogP contribution in [0.2, 0.25) is 0 Å². The number of allylic oxidation sites excluding steroid dienone is 4. The van der Waals surface area contributed by atoms with Crippen molar-refractivity contribution in [2.45, 2.75) is 98.5 Å². The van der Waals surface area contributed by atoms with Gasteiger partial charge in [-0.1, -0.05) is 23.3 Å². The molecule has 0 bridgehead atoms. The predicted octanol–water partition coefficient (Wildman–Crippen LogP) is 7.67. The van der Waals surface area contributed by atoms with Gasteiger partial charge < -0.3 is 33.9 Å². The van der Waals surface area contributed by atoms with Crippen LogP contribution in [0.1, 0.15) is 95.8 Å². The number of hydrogen-bond acceptors (Lipinski definition) is 8. The van der Waals surface area contributed by atoms with Gasteiger partial charge in [-0.3, -0.25) is 4.79 Å². The second-order valence-electron chi connectivity index (χ2n) is 14.0. The fraction of sp³-hybridized carbons (Fsp3) is 0.575. The van der Waals surface area contributed by atoms with Gasteiger partial charge in [-0.2, -0.15) is 0 Å². The predicted molar refractivity (Wildman–Crippen MR) is 195 cm³/mol. The number of likely N-dealkylation sites (tertiary alicyclic amines) is 2. The van der Waals surface area contributed by atoms with Crippen LogP contribution in [0.4, 0.5) is 0 Å². The zero-order valence-corrected chi connectivity index (χ0v) is 29.7. The maximum absolute atomic E-state index is 14.4. The Morgan fingerprint density at radius 3 is 1.71 bits per heavy atom. The number of fused-ring (bicyclic) bond motifs is 2. The number of ether oxygens (including phenoxy) is 2. The normalized spacial score (nSPS) is 15.4. The Kier molecular flexibility index (Phi) is 13.0. The molecule has 2 N–H and O–H groups in total. The van der Waals surface area contributed by atoms with E-state index in [9.17, 15) is 15.0 Å². The molecule has 262 valence electrons. The molecular formula is C40H56N2O6. The molecule has 0 atom stereocenters. The van der Waals surface area contributed by atoms with Gasteiger partial charge in [0.2, 0.25) is 5.43 Å². The number of aromatic hydroxyl groups is 1. The largest absolute Gasteiger partial charge is 0.507 e. The van der Waals surface area contributed by atoms with Crippen molar-refractivity contribution >= 4 is 21.9 Å². The van der Waals surface area contributed by atoms with E-state index in [0.29, 0.717) is 65.2 Å². The molecule has 3 heterocycles. The average Bonchev–Trinajstić information content (AvgIpc) is 3.77. The van der Waals surface area contributed by atoms with E-state index in [-0.39, 0.29) is 28.8 Å². The topological polar surface area (TPSA) is 95.6 Å². The summed E-state index contributed by atoms with van der Waals surface area (Å²) in [7, 11) is 0. The first-order valence-corrected chi connectivity index (χ1v) is 18.1. The molecule has 48 heavy (non-hydrogen) atoms. The highest BCUT2D eigenvalue weighted by atomic mass is 16.5. The van der Waals surface area contributed by atoms with E-state index in [0.717, 1.165) is 49.9 Å². The van der Waals surface area contributed by atoms with Crippen molar-refractivity contribution in [1.82, 2.24) is 9.80 Å². The van der Waals surface area contributed by atoms with E-state index in [1.165, 1.54) is 51.9 Å². The van der Waals surface area contributed by atoms with E-state index in [1.807, 2.05) is 39.8 Å². The lowest BCUT2D eigenvalue weighted by Gasteiger charge is -2.19. The maximum Gasteiger partial charge on any atom is 0.204 e. The third-order valence-electron chi connectivity index (χ3n) is 9.71. The van der Waals surface area contributed by atoms with Crippen LogP contribution in [0, 0.1) is 0 Å². The van der Waals surface area contributed by atoms with Gasteiger partial charge in [0.1, 0.15) is 33.8 Å². The lowest BCUT2D eigenvalue weighted by Crippen LogP contribution is -2.20. The van der Waals surface area contributed by atoms with E-state index in [2.05, 4.69) is 9.80 Å². The fourth-order valence-electron chi connectivity index (χ4n) is 6.98. The molecule has 2 aliphatic heterocycles. The number of unbranched alkanes of at least 4 members (excludes halogenated alkanes) is 2. The summed E-state index contributed by atoms with van der Waals surface area (Å²) in [6.07, 6.45) is 13.9. The number of benzene rings is 2. The minimum absolute atomic E-state index is 0.107. The summed E-state index contributed by atoms with van der Waals surface area (Å²) >= 11 is 0. The summed E-state index contributed by atoms with van der Waals surface area (Å²) in [5.74, 6) is 0.960. The number of aliphatic hydroxyl groups is 1.